The molecule has 0 rings (SSSR count). The number of carbonyl (C=O) groups is 4. The summed E-state index contributed by atoms with van der Waals surface area (Å²) in [4.78, 5) is 72.8. The topological polar surface area (TPSA) is 237 Å². The van der Waals surface area contributed by atoms with Crippen molar-refractivity contribution in [2.45, 2.75) is 420 Å². The van der Waals surface area contributed by atoms with E-state index in [0.29, 0.717) is 31.6 Å². The van der Waals surface area contributed by atoms with E-state index in [1.54, 1.807) is 0 Å². The Morgan fingerprint density at radius 3 is 0.784 bits per heavy atom. The fourth-order valence-electron chi connectivity index (χ4n) is 11.9. The molecule has 19 heteroatoms. The zero-order valence-corrected chi connectivity index (χ0v) is 65.3. The van der Waals surface area contributed by atoms with Gasteiger partial charge in [-0.25, -0.2) is 9.13 Å². The lowest BCUT2D eigenvalue weighted by molar-refractivity contribution is -0.161. The Balaban J connectivity index is 5.22. The first-order valence-electron chi connectivity index (χ1n) is 40.4. The minimum absolute atomic E-state index is 0.104. The predicted molar refractivity (Wildman–Crippen MR) is 395 cm³/mol. The summed E-state index contributed by atoms with van der Waals surface area (Å²) < 4.78 is 68.6. The van der Waals surface area contributed by atoms with E-state index in [2.05, 4.69) is 48.5 Å². The summed E-state index contributed by atoms with van der Waals surface area (Å²) in [5, 5.41) is 10.6. The highest BCUT2D eigenvalue weighted by Gasteiger charge is 2.30. The van der Waals surface area contributed by atoms with Crippen LogP contribution in [0.25, 0.3) is 0 Å². The smallest absolute Gasteiger partial charge is 0.462 e. The average Bonchev–Trinajstić information content (AvgIpc) is 1.07. The lowest BCUT2D eigenvalue weighted by atomic mass is 9.99. The zero-order chi connectivity index (χ0) is 71.6. The van der Waals surface area contributed by atoms with Crippen LogP contribution in [0.2, 0.25) is 0 Å². The van der Waals surface area contributed by atoms with Crippen LogP contribution in [0.15, 0.2) is 0 Å². The predicted octanol–water partition coefficient (Wildman–Crippen LogP) is 23.0. The van der Waals surface area contributed by atoms with E-state index in [9.17, 15) is 43.2 Å². The molecular weight excluding hydrogens is 1270 g/mol. The number of aliphatic hydroxyl groups is 1. The molecule has 0 aliphatic heterocycles. The van der Waals surface area contributed by atoms with Gasteiger partial charge in [0.15, 0.2) is 12.2 Å². The molecular formula is C78H152O17P2. The molecule has 0 radical (unpaired) electrons. The van der Waals surface area contributed by atoms with Crippen LogP contribution in [-0.2, 0) is 65.4 Å². The second-order valence-electron chi connectivity index (χ2n) is 29.3. The fraction of sp³-hybridized carbons (Fsp3) is 0.949. The lowest BCUT2D eigenvalue weighted by Crippen LogP contribution is -2.30. The van der Waals surface area contributed by atoms with Gasteiger partial charge in [-0.15, -0.1) is 0 Å². The first-order valence-corrected chi connectivity index (χ1v) is 43.4. The minimum atomic E-state index is -4.96. The van der Waals surface area contributed by atoms with Crippen molar-refractivity contribution in [2.75, 3.05) is 39.6 Å². The van der Waals surface area contributed by atoms with Crippen LogP contribution in [0.4, 0.5) is 0 Å². The van der Waals surface area contributed by atoms with Gasteiger partial charge in [-0.3, -0.25) is 37.3 Å². The highest BCUT2D eigenvalue weighted by Crippen LogP contribution is 2.45. The van der Waals surface area contributed by atoms with Crippen molar-refractivity contribution in [1.82, 2.24) is 0 Å². The summed E-state index contributed by atoms with van der Waals surface area (Å²) in [6.07, 6.45) is 55.7. The number of rotatable bonds is 76. The van der Waals surface area contributed by atoms with Crippen LogP contribution in [0.5, 0.6) is 0 Å². The Hall–Kier alpha value is -1.94. The number of ether oxygens (including phenoxy) is 4. The van der Waals surface area contributed by atoms with Gasteiger partial charge < -0.3 is 33.8 Å². The number of hydrogen-bond acceptors (Lipinski definition) is 15. The van der Waals surface area contributed by atoms with Gasteiger partial charge in [0, 0.05) is 25.7 Å². The molecule has 0 saturated heterocycles. The quantitative estimate of drug-likeness (QED) is 0.0222. The molecule has 97 heavy (non-hydrogen) atoms. The third-order valence-corrected chi connectivity index (χ3v) is 20.4. The SMILES string of the molecule is CCCCCCCCCCCCCCCCCCCCC(=O)OC[C@H](COP(=O)(O)OC[C@@H](O)COP(=O)(O)OC[C@@H](COC(=O)CCCCCCCCC(C)C)OC(=O)CCCCCCCCCCC(C)CC)OC(=O)CCCCCCCCCCCCCCCCCC(C)C. The third kappa shape index (κ3) is 70.9. The molecule has 0 fully saturated rings. The second-order valence-corrected chi connectivity index (χ2v) is 32.2. The summed E-state index contributed by atoms with van der Waals surface area (Å²) in [6, 6.07) is 0. The van der Waals surface area contributed by atoms with E-state index in [-0.39, 0.29) is 25.7 Å². The summed E-state index contributed by atoms with van der Waals surface area (Å²) in [5.74, 6) is 0.133. The Morgan fingerprint density at radius 2 is 0.526 bits per heavy atom. The van der Waals surface area contributed by atoms with E-state index in [4.69, 9.17) is 37.0 Å². The molecule has 576 valence electrons. The number of phosphoric ester groups is 2. The van der Waals surface area contributed by atoms with E-state index < -0.39 is 97.5 Å². The number of phosphoric acid groups is 2. The fourth-order valence-corrected chi connectivity index (χ4v) is 13.5. The number of carbonyl (C=O) groups excluding carboxylic acids is 4. The largest absolute Gasteiger partial charge is 0.472 e. The van der Waals surface area contributed by atoms with Crippen molar-refractivity contribution >= 4 is 39.5 Å². The van der Waals surface area contributed by atoms with Crippen LogP contribution in [0.3, 0.4) is 0 Å². The van der Waals surface area contributed by atoms with Crippen molar-refractivity contribution in [3.05, 3.63) is 0 Å². The van der Waals surface area contributed by atoms with Crippen molar-refractivity contribution in [1.29, 1.82) is 0 Å². The molecule has 0 aliphatic rings. The van der Waals surface area contributed by atoms with Crippen molar-refractivity contribution < 1.29 is 80.2 Å². The Morgan fingerprint density at radius 1 is 0.299 bits per heavy atom. The number of esters is 4. The maximum Gasteiger partial charge on any atom is 0.472 e. The molecule has 3 unspecified atom stereocenters. The van der Waals surface area contributed by atoms with Crippen molar-refractivity contribution in [3.63, 3.8) is 0 Å². The molecule has 0 aromatic carbocycles. The summed E-state index contributed by atoms with van der Waals surface area (Å²) in [5.41, 5.74) is 0. The monoisotopic (exact) mass is 1420 g/mol. The van der Waals surface area contributed by atoms with Gasteiger partial charge in [-0.05, 0) is 43.4 Å². The van der Waals surface area contributed by atoms with E-state index in [1.165, 1.54) is 205 Å². The van der Waals surface area contributed by atoms with Gasteiger partial charge in [0.05, 0.1) is 26.4 Å². The van der Waals surface area contributed by atoms with Crippen molar-refractivity contribution in [2.24, 2.45) is 17.8 Å². The van der Waals surface area contributed by atoms with E-state index in [1.807, 2.05) is 0 Å². The minimum Gasteiger partial charge on any atom is -0.462 e. The molecule has 0 saturated carbocycles. The molecule has 0 bridgehead atoms. The molecule has 3 N–H and O–H groups in total. The van der Waals surface area contributed by atoms with Gasteiger partial charge in [0.1, 0.15) is 19.3 Å². The van der Waals surface area contributed by atoms with Crippen LogP contribution < -0.4 is 0 Å². The molecule has 0 aliphatic carbocycles. The molecule has 0 spiro atoms. The summed E-state index contributed by atoms with van der Waals surface area (Å²) in [7, 11) is -9.91. The summed E-state index contributed by atoms with van der Waals surface area (Å²) >= 11 is 0. The van der Waals surface area contributed by atoms with Crippen molar-refractivity contribution in [3.8, 4) is 0 Å². The molecule has 17 nitrogen and oxygen atoms in total. The number of aliphatic hydroxyl groups excluding tert-OH is 1. The van der Waals surface area contributed by atoms with Gasteiger partial charge in [0.2, 0.25) is 0 Å². The number of unbranched alkanes of at least 4 members (excludes halogenated alkanes) is 43. The van der Waals surface area contributed by atoms with Gasteiger partial charge in [-0.1, -0.05) is 350 Å². The lowest BCUT2D eigenvalue weighted by Gasteiger charge is -2.21. The zero-order valence-electron chi connectivity index (χ0n) is 63.5. The Bertz CT molecular complexity index is 1890. The summed E-state index contributed by atoms with van der Waals surface area (Å²) in [6.45, 7) is 11.9. The maximum absolute atomic E-state index is 13.1. The highest BCUT2D eigenvalue weighted by molar-refractivity contribution is 7.47. The van der Waals surface area contributed by atoms with E-state index in [0.717, 1.165) is 108 Å². The van der Waals surface area contributed by atoms with Crippen LogP contribution >= 0.6 is 15.6 Å². The normalized spacial score (nSPS) is 14.3. The molecule has 0 aromatic heterocycles. The standard InChI is InChI=1S/C78H152O17P2/c1-8-10-11-12-13-14-15-16-17-18-19-22-25-28-31-37-45-52-59-75(80)88-65-73(94-77(82)61-54-47-38-32-29-26-23-20-21-24-27-30-35-42-49-56-69(3)4)67-92-96(84,85)90-63-72(79)64-91-97(86,87)93-68-74(66-89-76(81)60-53-46-41-40-43-50-57-70(5)6)95-78(83)62-55-48-39-34-33-36-44-51-58-71(7)9-2/h69-74,79H,8-68H2,1-7H3,(H,84,85)(H,86,87)/t71?,72-,73-,74-/m1/s1. The first-order chi connectivity index (χ1) is 46.8. The second kappa shape index (κ2) is 68.5. The third-order valence-electron chi connectivity index (χ3n) is 18.5. The van der Waals surface area contributed by atoms with Crippen LogP contribution in [-0.4, -0.2) is 96.7 Å². The van der Waals surface area contributed by atoms with Gasteiger partial charge in [0.25, 0.3) is 0 Å². The number of hydrogen-bond donors (Lipinski definition) is 3. The first kappa shape index (κ1) is 95.1. The van der Waals surface area contributed by atoms with Gasteiger partial charge in [-0.2, -0.15) is 0 Å². The molecule has 6 atom stereocenters. The van der Waals surface area contributed by atoms with E-state index >= 15 is 0 Å². The average molecular weight is 1420 g/mol. The van der Waals surface area contributed by atoms with Crippen LogP contribution in [0, 0.1) is 17.8 Å². The molecule has 0 amide bonds. The van der Waals surface area contributed by atoms with Gasteiger partial charge >= 0.3 is 39.5 Å². The highest BCUT2D eigenvalue weighted by atomic mass is 31.2. The molecule has 0 aromatic rings. The Kier molecular flexibility index (Phi) is 67.1. The Labute approximate surface area is 594 Å². The molecule has 0 heterocycles. The maximum atomic E-state index is 13.1. The van der Waals surface area contributed by atoms with Crippen LogP contribution in [0.1, 0.15) is 402 Å².